The van der Waals surface area contributed by atoms with Crippen molar-refractivity contribution in [1.82, 2.24) is 14.7 Å². The van der Waals surface area contributed by atoms with Gasteiger partial charge >= 0.3 is 0 Å². The van der Waals surface area contributed by atoms with Crippen molar-refractivity contribution in [3.63, 3.8) is 0 Å². The summed E-state index contributed by atoms with van der Waals surface area (Å²) in [7, 11) is 1.73. The number of fused-ring (bicyclic) bond motifs is 1. The SMILES string of the molecule is CCn1ncc(Cl)c1CN(C)C(=O)COc1ccc2ccccc2c1. The molecule has 1 amide bonds. The maximum Gasteiger partial charge on any atom is 0.260 e. The molecule has 0 N–H and O–H groups in total. The number of aromatic nitrogens is 2. The number of aryl methyl sites for hydroxylation is 1. The van der Waals surface area contributed by atoms with Gasteiger partial charge in [-0.05, 0) is 29.8 Å². The highest BCUT2D eigenvalue weighted by Crippen LogP contribution is 2.21. The number of hydrogen-bond acceptors (Lipinski definition) is 3. The van der Waals surface area contributed by atoms with Crippen LogP contribution in [0.15, 0.2) is 48.7 Å². The molecule has 0 aliphatic heterocycles. The van der Waals surface area contributed by atoms with E-state index in [4.69, 9.17) is 16.3 Å². The van der Waals surface area contributed by atoms with Crippen LogP contribution in [0.3, 0.4) is 0 Å². The number of nitrogens with zero attached hydrogens (tertiary/aromatic N) is 3. The van der Waals surface area contributed by atoms with Gasteiger partial charge in [0.2, 0.25) is 0 Å². The second kappa shape index (κ2) is 7.57. The van der Waals surface area contributed by atoms with Crippen molar-refractivity contribution in [3.05, 3.63) is 59.4 Å². The minimum Gasteiger partial charge on any atom is -0.484 e. The lowest BCUT2D eigenvalue weighted by Gasteiger charge is -2.18. The van der Waals surface area contributed by atoms with E-state index in [0.29, 0.717) is 23.9 Å². The van der Waals surface area contributed by atoms with Crippen LogP contribution in [-0.4, -0.2) is 34.2 Å². The smallest absolute Gasteiger partial charge is 0.260 e. The first-order chi connectivity index (χ1) is 12.1. The first-order valence-electron chi connectivity index (χ1n) is 8.14. The molecule has 0 fully saturated rings. The standard InChI is InChI=1S/C19H20ClN3O2/c1-3-23-18(17(20)11-21-23)12-22(2)19(24)13-25-16-9-8-14-6-4-5-7-15(14)10-16/h4-11H,3,12-13H2,1-2H3. The molecule has 2 aromatic carbocycles. The maximum atomic E-state index is 12.3. The van der Waals surface area contributed by atoms with E-state index in [9.17, 15) is 4.79 Å². The summed E-state index contributed by atoms with van der Waals surface area (Å²) in [5.41, 5.74) is 0.825. The summed E-state index contributed by atoms with van der Waals surface area (Å²) in [6.45, 7) is 3.06. The second-order valence-electron chi connectivity index (χ2n) is 5.80. The molecular weight excluding hydrogens is 338 g/mol. The third-order valence-corrected chi connectivity index (χ3v) is 4.41. The zero-order valence-electron chi connectivity index (χ0n) is 14.3. The fraction of sp³-hybridized carbons (Fsp3) is 0.263. The average molecular weight is 358 g/mol. The molecule has 0 bridgehead atoms. The van der Waals surface area contributed by atoms with Crippen LogP contribution in [0, 0.1) is 0 Å². The first-order valence-corrected chi connectivity index (χ1v) is 8.52. The number of carbonyl (C=O) groups excluding carboxylic acids is 1. The summed E-state index contributed by atoms with van der Waals surface area (Å²) < 4.78 is 7.44. The van der Waals surface area contributed by atoms with Crippen LogP contribution in [-0.2, 0) is 17.9 Å². The number of rotatable bonds is 6. The normalized spacial score (nSPS) is 10.8. The predicted octanol–water partition coefficient (Wildman–Crippen LogP) is 3.75. The largest absolute Gasteiger partial charge is 0.484 e. The number of amides is 1. The molecule has 0 unspecified atom stereocenters. The van der Waals surface area contributed by atoms with Gasteiger partial charge in [0.25, 0.3) is 5.91 Å². The molecule has 0 aliphatic carbocycles. The molecule has 0 saturated carbocycles. The highest BCUT2D eigenvalue weighted by Gasteiger charge is 2.15. The van der Waals surface area contributed by atoms with Gasteiger partial charge in [-0.3, -0.25) is 9.48 Å². The molecule has 0 atom stereocenters. The summed E-state index contributed by atoms with van der Waals surface area (Å²) in [4.78, 5) is 13.9. The Morgan fingerprint density at radius 1 is 1.24 bits per heavy atom. The Bertz CT molecular complexity index is 891. The van der Waals surface area contributed by atoms with E-state index in [-0.39, 0.29) is 12.5 Å². The minimum absolute atomic E-state index is 0.0211. The van der Waals surface area contributed by atoms with Crippen molar-refractivity contribution in [1.29, 1.82) is 0 Å². The molecule has 5 nitrogen and oxygen atoms in total. The highest BCUT2D eigenvalue weighted by atomic mass is 35.5. The number of hydrogen-bond donors (Lipinski definition) is 0. The zero-order valence-corrected chi connectivity index (χ0v) is 15.0. The monoisotopic (exact) mass is 357 g/mol. The summed E-state index contributed by atoms with van der Waals surface area (Å²) >= 11 is 6.15. The van der Waals surface area contributed by atoms with Crippen LogP contribution in [0.5, 0.6) is 5.75 Å². The number of halogens is 1. The summed E-state index contributed by atoms with van der Waals surface area (Å²) in [6.07, 6.45) is 1.60. The molecular formula is C19H20ClN3O2. The predicted molar refractivity (Wildman–Crippen MR) is 98.8 cm³/mol. The molecule has 0 radical (unpaired) electrons. The molecule has 0 aliphatic rings. The third kappa shape index (κ3) is 3.94. The number of ether oxygens (including phenoxy) is 1. The van der Waals surface area contributed by atoms with E-state index in [1.807, 2.05) is 49.4 Å². The fourth-order valence-corrected chi connectivity index (χ4v) is 2.84. The lowest BCUT2D eigenvalue weighted by atomic mass is 10.1. The lowest BCUT2D eigenvalue weighted by molar-refractivity contribution is -0.132. The first kappa shape index (κ1) is 17.3. The molecule has 1 heterocycles. The van der Waals surface area contributed by atoms with Crippen LogP contribution < -0.4 is 4.74 Å². The van der Waals surface area contributed by atoms with Crippen LogP contribution >= 0.6 is 11.6 Å². The van der Waals surface area contributed by atoms with Crippen LogP contribution in [0.4, 0.5) is 0 Å². The number of benzene rings is 2. The van der Waals surface area contributed by atoms with Crippen molar-refractivity contribution in [2.24, 2.45) is 0 Å². The Morgan fingerprint density at radius 2 is 2.00 bits per heavy atom. The van der Waals surface area contributed by atoms with Gasteiger partial charge in [-0.1, -0.05) is 41.9 Å². The van der Waals surface area contributed by atoms with Gasteiger partial charge in [0.05, 0.1) is 23.5 Å². The van der Waals surface area contributed by atoms with E-state index < -0.39 is 0 Å². The van der Waals surface area contributed by atoms with Gasteiger partial charge in [0.15, 0.2) is 6.61 Å². The molecule has 25 heavy (non-hydrogen) atoms. The Morgan fingerprint density at radius 3 is 2.76 bits per heavy atom. The van der Waals surface area contributed by atoms with Gasteiger partial charge in [-0.25, -0.2) is 0 Å². The second-order valence-corrected chi connectivity index (χ2v) is 6.21. The van der Waals surface area contributed by atoms with Crippen molar-refractivity contribution in [2.75, 3.05) is 13.7 Å². The molecule has 0 spiro atoms. The van der Waals surface area contributed by atoms with Crippen molar-refractivity contribution < 1.29 is 9.53 Å². The van der Waals surface area contributed by atoms with Gasteiger partial charge in [0.1, 0.15) is 5.75 Å². The van der Waals surface area contributed by atoms with E-state index in [1.54, 1.807) is 22.8 Å². The number of carbonyl (C=O) groups is 1. The minimum atomic E-state index is -0.118. The molecule has 0 saturated heterocycles. The molecule has 6 heteroatoms. The Labute approximate surface area is 151 Å². The summed E-state index contributed by atoms with van der Waals surface area (Å²) in [6, 6.07) is 13.8. The molecule has 1 aromatic heterocycles. The van der Waals surface area contributed by atoms with Gasteiger partial charge in [-0.15, -0.1) is 0 Å². The zero-order chi connectivity index (χ0) is 17.8. The third-order valence-electron chi connectivity index (χ3n) is 4.09. The van der Waals surface area contributed by atoms with E-state index in [2.05, 4.69) is 5.10 Å². The van der Waals surface area contributed by atoms with E-state index in [0.717, 1.165) is 16.5 Å². The van der Waals surface area contributed by atoms with Crippen LogP contribution in [0.1, 0.15) is 12.6 Å². The summed E-state index contributed by atoms with van der Waals surface area (Å²) in [5.74, 6) is 0.560. The van der Waals surface area contributed by atoms with Crippen molar-refractivity contribution >= 4 is 28.3 Å². The average Bonchev–Trinajstić information content (AvgIpc) is 2.99. The Hall–Kier alpha value is -2.53. The Kier molecular flexibility index (Phi) is 5.24. The van der Waals surface area contributed by atoms with E-state index in [1.165, 1.54) is 0 Å². The van der Waals surface area contributed by atoms with Gasteiger partial charge < -0.3 is 9.64 Å². The quantitative estimate of drug-likeness (QED) is 0.675. The fourth-order valence-electron chi connectivity index (χ4n) is 2.64. The molecule has 130 valence electrons. The van der Waals surface area contributed by atoms with Gasteiger partial charge in [0, 0.05) is 13.6 Å². The van der Waals surface area contributed by atoms with Crippen LogP contribution in [0.25, 0.3) is 10.8 Å². The summed E-state index contributed by atoms with van der Waals surface area (Å²) in [5, 5.41) is 6.97. The topological polar surface area (TPSA) is 47.4 Å². The van der Waals surface area contributed by atoms with Gasteiger partial charge in [-0.2, -0.15) is 5.10 Å². The molecule has 3 aromatic rings. The lowest BCUT2D eigenvalue weighted by Crippen LogP contribution is -2.31. The van der Waals surface area contributed by atoms with Crippen molar-refractivity contribution in [2.45, 2.75) is 20.0 Å². The Balaban J connectivity index is 1.62. The van der Waals surface area contributed by atoms with Crippen LogP contribution in [0.2, 0.25) is 5.02 Å². The van der Waals surface area contributed by atoms with Crippen molar-refractivity contribution in [3.8, 4) is 5.75 Å². The highest BCUT2D eigenvalue weighted by molar-refractivity contribution is 6.31. The van der Waals surface area contributed by atoms with E-state index >= 15 is 0 Å². The number of likely N-dealkylation sites (N-methyl/N-ethyl adjacent to an activating group) is 1. The maximum absolute atomic E-state index is 12.3. The molecule has 3 rings (SSSR count).